The number of ether oxygens (including phenoxy) is 1. The lowest BCUT2D eigenvalue weighted by Gasteiger charge is -1.96. The molecule has 1 aliphatic rings. The number of allylic oxidation sites excluding steroid dienone is 2. The highest BCUT2D eigenvalue weighted by atomic mass is 16.5. The minimum absolute atomic E-state index is 0.0706. The van der Waals surface area contributed by atoms with E-state index in [0.29, 0.717) is 6.42 Å². The highest BCUT2D eigenvalue weighted by molar-refractivity contribution is 5.69. The van der Waals surface area contributed by atoms with Gasteiger partial charge in [-0.05, 0) is 41.8 Å². The predicted molar refractivity (Wildman–Crippen MR) is 60.4 cm³/mol. The van der Waals surface area contributed by atoms with E-state index in [1.54, 1.807) is 12.2 Å². The van der Waals surface area contributed by atoms with Gasteiger partial charge in [0, 0.05) is 6.42 Å². The van der Waals surface area contributed by atoms with Crippen LogP contribution in [0.1, 0.15) is 12.8 Å². The van der Waals surface area contributed by atoms with Crippen molar-refractivity contribution in [1.29, 1.82) is 0 Å². The van der Waals surface area contributed by atoms with Crippen molar-refractivity contribution in [2.45, 2.75) is 12.8 Å². The largest absolute Gasteiger partial charge is 0.452 e. The summed E-state index contributed by atoms with van der Waals surface area (Å²) in [5.41, 5.74) is 0. The van der Waals surface area contributed by atoms with E-state index in [-0.39, 0.29) is 19.0 Å². The molecule has 2 nitrogen and oxygen atoms in total. The second-order valence-electron chi connectivity index (χ2n) is 2.64. The fourth-order valence-corrected chi connectivity index (χ4v) is 0.779. The summed E-state index contributed by atoms with van der Waals surface area (Å²) in [6, 6.07) is 0. The third-order valence-corrected chi connectivity index (χ3v) is 1.46. The van der Waals surface area contributed by atoms with Gasteiger partial charge >= 0.3 is 5.97 Å². The van der Waals surface area contributed by atoms with E-state index in [1.165, 1.54) is 0 Å². The quantitative estimate of drug-likeness (QED) is 0.436. The molecular weight excluding hydrogens is 200 g/mol. The Labute approximate surface area is 95.1 Å². The van der Waals surface area contributed by atoms with Gasteiger partial charge < -0.3 is 4.74 Å². The zero-order chi connectivity index (χ0) is 11.5. The van der Waals surface area contributed by atoms with E-state index in [0.717, 1.165) is 0 Å². The molecule has 0 saturated carbocycles. The molecule has 0 bridgehead atoms. The van der Waals surface area contributed by atoms with Gasteiger partial charge in [-0.3, -0.25) is 4.79 Å². The number of hydrogen-bond acceptors (Lipinski definition) is 2. The molecular formula is C14H8O2. The normalized spacial score (nSPS) is 15.9. The average Bonchev–Trinajstić information content (AvgIpc) is 2.29. The van der Waals surface area contributed by atoms with E-state index in [9.17, 15) is 4.79 Å². The third kappa shape index (κ3) is 5.99. The predicted octanol–water partition coefficient (Wildman–Crippen LogP) is 0.893. The molecule has 0 aliphatic carbocycles. The van der Waals surface area contributed by atoms with Crippen molar-refractivity contribution in [2.24, 2.45) is 0 Å². The Morgan fingerprint density at radius 3 is 2.44 bits per heavy atom. The van der Waals surface area contributed by atoms with Crippen molar-refractivity contribution in [1.82, 2.24) is 0 Å². The summed E-state index contributed by atoms with van der Waals surface area (Å²) in [6.45, 7) is 0.0706. The third-order valence-electron chi connectivity index (χ3n) is 1.46. The zero-order valence-electron chi connectivity index (χ0n) is 8.59. The Hall–Kier alpha value is -2.55. The first-order valence-corrected chi connectivity index (χ1v) is 4.67. The van der Waals surface area contributed by atoms with Gasteiger partial charge in [-0.1, -0.05) is 17.8 Å². The van der Waals surface area contributed by atoms with Crippen LogP contribution in [0.5, 0.6) is 0 Å². The number of cyclic esters (lactones) is 1. The molecule has 16 heavy (non-hydrogen) atoms. The van der Waals surface area contributed by atoms with Crippen molar-refractivity contribution in [2.75, 3.05) is 6.61 Å². The van der Waals surface area contributed by atoms with Crippen molar-refractivity contribution in [3.05, 3.63) is 12.2 Å². The van der Waals surface area contributed by atoms with Crippen LogP contribution < -0.4 is 0 Å². The summed E-state index contributed by atoms with van der Waals surface area (Å²) in [7, 11) is 0. The lowest BCUT2D eigenvalue weighted by molar-refractivity contribution is -0.142. The Kier molecular flexibility index (Phi) is 5.63. The molecule has 1 heterocycles. The van der Waals surface area contributed by atoms with Crippen LogP contribution in [0.4, 0.5) is 0 Å². The maximum absolute atomic E-state index is 11.1. The number of carbonyl (C=O) groups excluding carboxylic acids is 1. The van der Waals surface area contributed by atoms with Gasteiger partial charge in [-0.15, -0.1) is 0 Å². The first kappa shape index (κ1) is 11.5. The molecule has 0 spiro atoms. The van der Waals surface area contributed by atoms with Gasteiger partial charge in [-0.2, -0.15) is 0 Å². The van der Waals surface area contributed by atoms with Crippen LogP contribution in [0.3, 0.4) is 0 Å². The molecule has 0 aromatic rings. The number of carbonyl (C=O) groups is 1. The Morgan fingerprint density at radius 2 is 1.69 bits per heavy atom. The molecule has 0 saturated heterocycles. The summed E-state index contributed by atoms with van der Waals surface area (Å²) in [6.07, 6.45) is 3.90. The first-order valence-electron chi connectivity index (χ1n) is 4.67. The monoisotopic (exact) mass is 208 g/mol. The van der Waals surface area contributed by atoms with Crippen LogP contribution in [0, 0.1) is 47.4 Å². The van der Waals surface area contributed by atoms with Crippen molar-refractivity contribution < 1.29 is 9.53 Å². The van der Waals surface area contributed by atoms with E-state index >= 15 is 0 Å². The molecule has 0 N–H and O–H groups in total. The summed E-state index contributed by atoms with van der Waals surface area (Å²) in [5.74, 6) is 20.8. The van der Waals surface area contributed by atoms with E-state index in [1.807, 2.05) is 0 Å². The molecule has 0 amide bonds. The zero-order valence-corrected chi connectivity index (χ0v) is 8.59. The summed E-state index contributed by atoms with van der Waals surface area (Å²) < 4.78 is 4.82. The number of esters is 1. The minimum atomic E-state index is -0.308. The van der Waals surface area contributed by atoms with Crippen molar-refractivity contribution in [3.8, 4) is 47.4 Å². The van der Waals surface area contributed by atoms with E-state index in [4.69, 9.17) is 4.74 Å². The molecule has 0 unspecified atom stereocenters. The van der Waals surface area contributed by atoms with Crippen LogP contribution in [0.2, 0.25) is 0 Å². The van der Waals surface area contributed by atoms with Crippen LogP contribution in [0.15, 0.2) is 12.2 Å². The lowest BCUT2D eigenvalue weighted by Crippen LogP contribution is -2.03. The van der Waals surface area contributed by atoms with Crippen LogP contribution >= 0.6 is 0 Å². The second-order valence-corrected chi connectivity index (χ2v) is 2.64. The highest BCUT2D eigenvalue weighted by Crippen LogP contribution is 1.90. The van der Waals surface area contributed by atoms with Gasteiger partial charge in [0.2, 0.25) is 0 Å². The van der Waals surface area contributed by atoms with Crippen LogP contribution in [-0.2, 0) is 9.53 Å². The van der Waals surface area contributed by atoms with Crippen molar-refractivity contribution >= 4 is 5.97 Å². The molecule has 0 radical (unpaired) electrons. The topological polar surface area (TPSA) is 26.3 Å². The molecule has 1 rings (SSSR count). The SMILES string of the molecule is O=C1CCC#CC#C/C=C\C#CC#CCO1. The Balaban J connectivity index is 2.69. The summed E-state index contributed by atoms with van der Waals surface area (Å²) in [4.78, 5) is 11.1. The molecule has 2 heteroatoms. The van der Waals surface area contributed by atoms with Crippen LogP contribution in [-0.4, -0.2) is 12.6 Å². The first-order chi connectivity index (χ1) is 7.89. The molecule has 0 aromatic heterocycles. The fraction of sp³-hybridized carbons (Fsp3) is 0.214. The Morgan fingerprint density at radius 1 is 1.00 bits per heavy atom. The average molecular weight is 208 g/mol. The van der Waals surface area contributed by atoms with Gasteiger partial charge in [0.15, 0.2) is 6.61 Å². The maximum Gasteiger partial charge on any atom is 0.307 e. The fourth-order valence-electron chi connectivity index (χ4n) is 0.779. The molecule has 1 aliphatic heterocycles. The van der Waals surface area contributed by atoms with E-state index < -0.39 is 0 Å². The maximum atomic E-state index is 11.1. The summed E-state index contributed by atoms with van der Waals surface area (Å²) in [5, 5.41) is 0. The van der Waals surface area contributed by atoms with Gasteiger partial charge in [-0.25, -0.2) is 0 Å². The molecule has 76 valence electrons. The smallest absolute Gasteiger partial charge is 0.307 e. The summed E-state index contributed by atoms with van der Waals surface area (Å²) >= 11 is 0. The van der Waals surface area contributed by atoms with Gasteiger partial charge in [0.25, 0.3) is 0 Å². The highest BCUT2D eigenvalue weighted by Gasteiger charge is 1.98. The number of hydrogen-bond donors (Lipinski definition) is 0. The van der Waals surface area contributed by atoms with Gasteiger partial charge in [0.05, 0.1) is 6.42 Å². The van der Waals surface area contributed by atoms with E-state index in [2.05, 4.69) is 47.4 Å². The lowest BCUT2D eigenvalue weighted by atomic mass is 10.3. The van der Waals surface area contributed by atoms with Gasteiger partial charge in [0.1, 0.15) is 0 Å². The Bertz CT molecular complexity index is 474. The van der Waals surface area contributed by atoms with Crippen molar-refractivity contribution in [3.63, 3.8) is 0 Å². The standard InChI is InChI=1S/C14H8O2/c15-14-12-10-8-6-4-2-1-3-5-7-9-11-13-16-14/h1,3H,10,12-13H2/b3-1-. The second kappa shape index (κ2) is 7.82. The minimum Gasteiger partial charge on any atom is -0.452 e. The van der Waals surface area contributed by atoms with Crippen LogP contribution in [0.25, 0.3) is 0 Å². The molecule has 0 aromatic carbocycles. The number of rotatable bonds is 0. The molecule has 0 atom stereocenters. The molecule has 0 fully saturated rings.